The Morgan fingerprint density at radius 3 is 2.68 bits per heavy atom. The maximum Gasteiger partial charge on any atom is 0.254 e. The first kappa shape index (κ1) is 15.4. The van der Waals surface area contributed by atoms with Gasteiger partial charge in [0.2, 0.25) is 0 Å². The average molecular weight is 310 g/mol. The quantitative estimate of drug-likeness (QED) is 0.928. The van der Waals surface area contributed by atoms with Crippen molar-refractivity contribution in [3.63, 3.8) is 0 Å². The molecule has 0 aromatic heterocycles. The molecule has 2 fully saturated rings. The van der Waals surface area contributed by atoms with Crippen LogP contribution < -0.4 is 5.32 Å². The summed E-state index contributed by atoms with van der Waals surface area (Å²) in [7, 11) is 0. The van der Waals surface area contributed by atoms with Crippen LogP contribution in [0, 0.1) is 11.6 Å². The van der Waals surface area contributed by atoms with Gasteiger partial charge in [0, 0.05) is 6.07 Å². The summed E-state index contributed by atoms with van der Waals surface area (Å²) in [5.74, 6) is -2.05. The van der Waals surface area contributed by atoms with E-state index in [0.29, 0.717) is 13.2 Å². The lowest BCUT2D eigenvalue weighted by molar-refractivity contribution is 0.0896. The van der Waals surface area contributed by atoms with E-state index in [9.17, 15) is 13.6 Å². The molecular weight excluding hydrogens is 290 g/mol. The zero-order valence-corrected chi connectivity index (χ0v) is 12.4. The fourth-order valence-electron chi connectivity index (χ4n) is 3.21. The molecule has 3 rings (SSSR count). The molecule has 2 atom stereocenters. The van der Waals surface area contributed by atoms with E-state index in [1.807, 2.05) is 0 Å². The molecule has 2 aliphatic heterocycles. The van der Waals surface area contributed by atoms with Crippen LogP contribution in [-0.2, 0) is 4.74 Å². The van der Waals surface area contributed by atoms with E-state index >= 15 is 0 Å². The van der Waals surface area contributed by atoms with E-state index in [-0.39, 0.29) is 17.6 Å². The number of carbonyl (C=O) groups excluding carboxylic acids is 1. The number of halogens is 2. The van der Waals surface area contributed by atoms with E-state index in [0.717, 1.165) is 38.1 Å². The van der Waals surface area contributed by atoms with Gasteiger partial charge in [-0.25, -0.2) is 8.78 Å². The number of piperidine rings is 1. The van der Waals surface area contributed by atoms with E-state index in [2.05, 4.69) is 10.2 Å². The summed E-state index contributed by atoms with van der Waals surface area (Å²) in [6.45, 7) is 3.02. The average Bonchev–Trinajstić information content (AvgIpc) is 2.96. The molecule has 1 aromatic carbocycles. The first-order valence-electron chi connectivity index (χ1n) is 7.73. The van der Waals surface area contributed by atoms with E-state index in [1.54, 1.807) is 0 Å². The number of ether oxygens (including phenoxy) is 1. The second-order valence-corrected chi connectivity index (χ2v) is 5.91. The Bertz CT molecular complexity index is 547. The number of rotatable bonds is 3. The van der Waals surface area contributed by atoms with Crippen molar-refractivity contribution < 1.29 is 18.3 Å². The Hall–Kier alpha value is -1.53. The molecule has 0 aliphatic carbocycles. The summed E-state index contributed by atoms with van der Waals surface area (Å²) in [5.41, 5.74) is -0.134. The Kier molecular flexibility index (Phi) is 4.69. The summed E-state index contributed by atoms with van der Waals surface area (Å²) in [4.78, 5) is 14.5. The minimum atomic E-state index is -0.842. The molecule has 0 spiro atoms. The third-order valence-electron chi connectivity index (χ3n) is 4.40. The molecule has 2 saturated heterocycles. The molecule has 1 N–H and O–H groups in total. The van der Waals surface area contributed by atoms with Crippen LogP contribution in [0.2, 0.25) is 0 Å². The highest BCUT2D eigenvalue weighted by atomic mass is 19.1. The number of benzene rings is 1. The van der Waals surface area contributed by atoms with Gasteiger partial charge in [-0.1, -0.05) is 6.42 Å². The first-order valence-corrected chi connectivity index (χ1v) is 7.73. The van der Waals surface area contributed by atoms with Gasteiger partial charge in [-0.2, -0.15) is 0 Å². The molecule has 0 bridgehead atoms. The molecule has 0 radical (unpaired) electrons. The predicted molar refractivity (Wildman–Crippen MR) is 77.6 cm³/mol. The molecule has 4 nitrogen and oxygen atoms in total. The van der Waals surface area contributed by atoms with Crippen molar-refractivity contribution in [2.75, 3.05) is 26.3 Å². The second-order valence-electron chi connectivity index (χ2n) is 5.91. The smallest absolute Gasteiger partial charge is 0.254 e. The third kappa shape index (κ3) is 3.28. The number of hydrogen-bond acceptors (Lipinski definition) is 3. The summed E-state index contributed by atoms with van der Waals surface area (Å²) in [6, 6.07) is 2.96. The zero-order chi connectivity index (χ0) is 15.5. The maximum atomic E-state index is 13.7. The van der Waals surface area contributed by atoms with Gasteiger partial charge < -0.3 is 10.1 Å². The number of likely N-dealkylation sites (tertiary alicyclic amines) is 1. The molecule has 6 heteroatoms. The van der Waals surface area contributed by atoms with Crippen LogP contribution in [0.25, 0.3) is 0 Å². The topological polar surface area (TPSA) is 41.6 Å². The molecule has 1 amide bonds. The Morgan fingerprint density at radius 2 is 1.95 bits per heavy atom. The van der Waals surface area contributed by atoms with E-state index in [4.69, 9.17) is 4.74 Å². The van der Waals surface area contributed by atoms with E-state index in [1.165, 1.54) is 12.5 Å². The van der Waals surface area contributed by atoms with Crippen molar-refractivity contribution in [1.82, 2.24) is 10.2 Å². The Morgan fingerprint density at radius 1 is 1.18 bits per heavy atom. The lowest BCUT2D eigenvalue weighted by Crippen LogP contribution is -2.52. The van der Waals surface area contributed by atoms with Crippen LogP contribution in [0.5, 0.6) is 0 Å². The van der Waals surface area contributed by atoms with Gasteiger partial charge in [-0.15, -0.1) is 0 Å². The van der Waals surface area contributed by atoms with Crippen molar-refractivity contribution >= 4 is 5.91 Å². The number of hydrogen-bond donors (Lipinski definition) is 1. The van der Waals surface area contributed by atoms with Gasteiger partial charge in [0.1, 0.15) is 11.6 Å². The fourth-order valence-corrected chi connectivity index (χ4v) is 3.21. The van der Waals surface area contributed by atoms with E-state index < -0.39 is 17.5 Å². The highest BCUT2D eigenvalue weighted by molar-refractivity contribution is 5.94. The van der Waals surface area contributed by atoms with Crippen LogP contribution in [0.4, 0.5) is 8.78 Å². The molecule has 2 aliphatic rings. The highest BCUT2D eigenvalue weighted by Gasteiger charge is 2.35. The van der Waals surface area contributed by atoms with Gasteiger partial charge in [-0.3, -0.25) is 9.69 Å². The fraction of sp³-hybridized carbons (Fsp3) is 0.562. The SMILES string of the molecule is O=C(N[C@H]1COC[C@@H]1N1CCCCC1)c1ccc(F)cc1F. The lowest BCUT2D eigenvalue weighted by Gasteiger charge is -2.34. The lowest BCUT2D eigenvalue weighted by atomic mass is 10.0. The van der Waals surface area contributed by atoms with Gasteiger partial charge in [0.25, 0.3) is 5.91 Å². The Labute approximate surface area is 128 Å². The second kappa shape index (κ2) is 6.71. The molecule has 2 heterocycles. The summed E-state index contributed by atoms with van der Waals surface area (Å²) in [5, 5.41) is 2.83. The molecule has 22 heavy (non-hydrogen) atoms. The standard InChI is InChI=1S/C16H20F2N2O2/c17-11-4-5-12(13(18)8-11)16(21)19-14-9-22-10-15(14)20-6-2-1-3-7-20/h4-5,8,14-15H,1-3,6-7,9-10H2,(H,19,21)/t14-,15-/m0/s1. The largest absolute Gasteiger partial charge is 0.378 e. The molecule has 1 aromatic rings. The third-order valence-corrected chi connectivity index (χ3v) is 4.40. The normalized spacial score (nSPS) is 26.1. The molecule has 0 saturated carbocycles. The zero-order valence-electron chi connectivity index (χ0n) is 12.4. The minimum Gasteiger partial charge on any atom is -0.378 e. The summed E-state index contributed by atoms with van der Waals surface area (Å²) in [6.07, 6.45) is 3.55. The molecule has 0 unspecified atom stereocenters. The first-order chi connectivity index (χ1) is 10.6. The maximum absolute atomic E-state index is 13.7. The number of nitrogens with zero attached hydrogens (tertiary/aromatic N) is 1. The van der Waals surface area contributed by atoms with Gasteiger partial charge in [0.15, 0.2) is 0 Å². The van der Waals surface area contributed by atoms with Crippen molar-refractivity contribution in [3.05, 3.63) is 35.4 Å². The number of nitrogens with one attached hydrogen (secondary N) is 1. The van der Waals surface area contributed by atoms with Gasteiger partial charge in [0.05, 0.1) is 30.9 Å². The highest BCUT2D eigenvalue weighted by Crippen LogP contribution is 2.19. The van der Waals surface area contributed by atoms with Crippen molar-refractivity contribution in [1.29, 1.82) is 0 Å². The summed E-state index contributed by atoms with van der Waals surface area (Å²) >= 11 is 0. The number of carbonyl (C=O) groups is 1. The van der Waals surface area contributed by atoms with Crippen molar-refractivity contribution in [3.8, 4) is 0 Å². The van der Waals surface area contributed by atoms with Crippen molar-refractivity contribution in [2.24, 2.45) is 0 Å². The minimum absolute atomic E-state index is 0.132. The van der Waals surface area contributed by atoms with Gasteiger partial charge >= 0.3 is 0 Å². The van der Waals surface area contributed by atoms with Gasteiger partial charge in [-0.05, 0) is 38.1 Å². The molecule has 120 valence electrons. The van der Waals surface area contributed by atoms with Crippen LogP contribution >= 0.6 is 0 Å². The van der Waals surface area contributed by atoms with Crippen molar-refractivity contribution in [2.45, 2.75) is 31.3 Å². The Balaban J connectivity index is 1.67. The van der Waals surface area contributed by atoms with Crippen LogP contribution in [-0.4, -0.2) is 49.2 Å². The monoisotopic (exact) mass is 310 g/mol. The summed E-state index contributed by atoms with van der Waals surface area (Å²) < 4.78 is 32.1. The van der Waals surface area contributed by atoms with Crippen LogP contribution in [0.3, 0.4) is 0 Å². The number of amides is 1. The predicted octanol–water partition coefficient (Wildman–Crippen LogP) is 1.95. The van der Waals surface area contributed by atoms with Crippen LogP contribution in [0.1, 0.15) is 29.6 Å². The van der Waals surface area contributed by atoms with Crippen LogP contribution in [0.15, 0.2) is 18.2 Å². The molecular formula is C16H20F2N2O2.